The number of rotatable bonds is 8. The number of likely N-dealkylation sites (tertiary alicyclic amines) is 1. The molecular formula is C24H37N3O3S. The molecule has 2 N–H and O–H groups in total. The van der Waals surface area contributed by atoms with Crippen LogP contribution in [0.1, 0.15) is 68.9 Å². The van der Waals surface area contributed by atoms with Crippen LogP contribution in [0.25, 0.3) is 0 Å². The molecule has 31 heavy (non-hydrogen) atoms. The lowest BCUT2D eigenvalue weighted by molar-refractivity contribution is -0.125. The van der Waals surface area contributed by atoms with Crippen LogP contribution in [0.15, 0.2) is 23.1 Å². The lowest BCUT2D eigenvalue weighted by Crippen LogP contribution is -2.38. The van der Waals surface area contributed by atoms with Crippen molar-refractivity contribution in [2.45, 2.75) is 81.6 Å². The van der Waals surface area contributed by atoms with Crippen molar-refractivity contribution in [1.82, 2.24) is 14.9 Å². The molecule has 0 spiro atoms. The van der Waals surface area contributed by atoms with Gasteiger partial charge in [0, 0.05) is 18.5 Å². The van der Waals surface area contributed by atoms with Crippen LogP contribution in [0.2, 0.25) is 0 Å². The molecule has 1 aromatic rings. The summed E-state index contributed by atoms with van der Waals surface area (Å²) in [6, 6.07) is 5.51. The van der Waals surface area contributed by atoms with E-state index in [-0.39, 0.29) is 17.9 Å². The van der Waals surface area contributed by atoms with Crippen LogP contribution in [0.4, 0.5) is 0 Å². The summed E-state index contributed by atoms with van der Waals surface area (Å²) in [5.74, 6) is 0.340. The van der Waals surface area contributed by atoms with Crippen LogP contribution in [-0.2, 0) is 27.7 Å². The first-order valence-electron chi connectivity index (χ1n) is 12.2. The number of fused-ring (bicyclic) bond motifs is 1. The quantitative estimate of drug-likeness (QED) is 0.601. The smallest absolute Gasteiger partial charge is 0.240 e. The van der Waals surface area contributed by atoms with E-state index >= 15 is 0 Å². The summed E-state index contributed by atoms with van der Waals surface area (Å²) in [6.45, 7) is 3.69. The summed E-state index contributed by atoms with van der Waals surface area (Å²) in [6.07, 6.45) is 11.8. The minimum Gasteiger partial charge on any atom is -0.352 e. The Balaban J connectivity index is 1.27. The minimum atomic E-state index is -3.50. The van der Waals surface area contributed by atoms with Crippen LogP contribution in [-0.4, -0.2) is 51.4 Å². The third-order valence-electron chi connectivity index (χ3n) is 7.13. The molecule has 2 aliphatic carbocycles. The molecule has 1 heterocycles. The van der Waals surface area contributed by atoms with E-state index in [0.717, 1.165) is 69.3 Å². The Morgan fingerprint density at radius 1 is 0.968 bits per heavy atom. The Labute approximate surface area is 187 Å². The van der Waals surface area contributed by atoms with Gasteiger partial charge in [-0.15, -0.1) is 0 Å². The van der Waals surface area contributed by atoms with Crippen molar-refractivity contribution in [2.24, 2.45) is 5.92 Å². The fourth-order valence-electron chi connectivity index (χ4n) is 5.32. The van der Waals surface area contributed by atoms with E-state index in [0.29, 0.717) is 17.9 Å². The van der Waals surface area contributed by atoms with Gasteiger partial charge in [0.1, 0.15) is 0 Å². The lowest BCUT2D eigenvalue weighted by Gasteiger charge is -2.19. The highest BCUT2D eigenvalue weighted by atomic mass is 32.2. The Morgan fingerprint density at radius 3 is 2.42 bits per heavy atom. The lowest BCUT2D eigenvalue weighted by atomic mass is 10.1. The van der Waals surface area contributed by atoms with Crippen LogP contribution >= 0.6 is 0 Å². The molecule has 1 amide bonds. The number of carbonyl (C=O) groups excluding carboxylic acids is 1. The van der Waals surface area contributed by atoms with E-state index in [4.69, 9.17) is 0 Å². The second-order valence-corrected chi connectivity index (χ2v) is 11.3. The van der Waals surface area contributed by atoms with Crippen molar-refractivity contribution in [3.05, 3.63) is 29.3 Å². The third-order valence-corrected chi connectivity index (χ3v) is 8.59. The van der Waals surface area contributed by atoms with E-state index in [1.807, 2.05) is 6.07 Å². The van der Waals surface area contributed by atoms with Gasteiger partial charge in [-0.1, -0.05) is 31.7 Å². The van der Waals surface area contributed by atoms with Gasteiger partial charge in [0.05, 0.1) is 4.90 Å². The van der Waals surface area contributed by atoms with Crippen molar-refractivity contribution in [3.8, 4) is 0 Å². The molecule has 1 saturated carbocycles. The predicted molar refractivity (Wildman–Crippen MR) is 122 cm³/mol. The van der Waals surface area contributed by atoms with Crippen molar-refractivity contribution >= 4 is 15.9 Å². The highest BCUT2D eigenvalue weighted by molar-refractivity contribution is 7.89. The van der Waals surface area contributed by atoms with Gasteiger partial charge in [-0.3, -0.25) is 4.79 Å². The average molecular weight is 448 g/mol. The number of benzene rings is 1. The maximum Gasteiger partial charge on any atom is 0.240 e. The van der Waals surface area contributed by atoms with Gasteiger partial charge < -0.3 is 10.2 Å². The molecule has 1 aromatic carbocycles. The van der Waals surface area contributed by atoms with Crippen LogP contribution in [0, 0.1) is 5.92 Å². The third kappa shape index (κ3) is 6.08. The Hall–Kier alpha value is -1.44. The maximum absolute atomic E-state index is 12.8. The number of hydrogen-bond donors (Lipinski definition) is 2. The van der Waals surface area contributed by atoms with Crippen LogP contribution < -0.4 is 10.0 Å². The first kappa shape index (κ1) is 22.7. The molecular weight excluding hydrogens is 410 g/mol. The predicted octanol–water partition coefficient (Wildman–Crippen LogP) is 3.00. The largest absolute Gasteiger partial charge is 0.352 e. The zero-order chi connectivity index (χ0) is 21.7. The molecule has 0 bridgehead atoms. The van der Waals surface area contributed by atoms with Crippen molar-refractivity contribution < 1.29 is 13.2 Å². The monoisotopic (exact) mass is 447 g/mol. The number of sulfonamides is 1. The molecule has 3 aliphatic rings. The van der Waals surface area contributed by atoms with E-state index in [2.05, 4.69) is 14.9 Å². The number of nitrogens with zero attached hydrogens (tertiary/aromatic N) is 1. The van der Waals surface area contributed by atoms with E-state index < -0.39 is 10.0 Å². The second kappa shape index (κ2) is 10.5. The number of hydrogen-bond acceptors (Lipinski definition) is 4. The molecule has 1 saturated heterocycles. The van der Waals surface area contributed by atoms with Gasteiger partial charge in [-0.05, 0) is 87.8 Å². The second-order valence-electron chi connectivity index (χ2n) is 9.53. The molecule has 1 atom stereocenters. The van der Waals surface area contributed by atoms with Crippen LogP contribution in [0.5, 0.6) is 0 Å². The van der Waals surface area contributed by atoms with Crippen molar-refractivity contribution in [3.63, 3.8) is 0 Å². The molecule has 1 aliphatic heterocycles. The highest BCUT2D eigenvalue weighted by Gasteiger charge is 2.29. The van der Waals surface area contributed by atoms with Gasteiger partial charge in [-0.25, -0.2) is 13.1 Å². The zero-order valence-corrected chi connectivity index (χ0v) is 19.4. The molecule has 7 heteroatoms. The minimum absolute atomic E-state index is 0.0858. The van der Waals surface area contributed by atoms with Crippen molar-refractivity contribution in [1.29, 1.82) is 0 Å². The number of amides is 1. The normalized spacial score (nSPS) is 22.9. The molecule has 0 aromatic heterocycles. The highest BCUT2D eigenvalue weighted by Crippen LogP contribution is 2.28. The topological polar surface area (TPSA) is 78.5 Å². The fourth-order valence-corrected chi connectivity index (χ4v) is 6.45. The summed E-state index contributed by atoms with van der Waals surface area (Å²) in [5, 5.41) is 3.19. The zero-order valence-electron chi connectivity index (χ0n) is 18.6. The number of carbonyl (C=O) groups is 1. The SMILES string of the molecule is O=C(NC1Cc2ccc(S(=O)(=O)NCCCN3CCCCCC3)cc2C1)C1CCCC1. The number of nitrogens with one attached hydrogen (secondary N) is 2. The molecule has 0 radical (unpaired) electrons. The summed E-state index contributed by atoms with van der Waals surface area (Å²) >= 11 is 0. The van der Waals surface area contributed by atoms with Gasteiger partial charge in [0.2, 0.25) is 15.9 Å². The van der Waals surface area contributed by atoms with E-state index in [9.17, 15) is 13.2 Å². The van der Waals surface area contributed by atoms with E-state index in [1.165, 1.54) is 25.7 Å². The average Bonchev–Trinajstić information content (AvgIpc) is 3.35. The summed E-state index contributed by atoms with van der Waals surface area (Å²) in [7, 11) is -3.50. The fraction of sp³-hybridized carbons (Fsp3) is 0.708. The maximum atomic E-state index is 12.8. The summed E-state index contributed by atoms with van der Waals surface area (Å²) < 4.78 is 28.3. The molecule has 1 unspecified atom stereocenters. The van der Waals surface area contributed by atoms with Gasteiger partial charge in [0.15, 0.2) is 0 Å². The van der Waals surface area contributed by atoms with Crippen molar-refractivity contribution in [2.75, 3.05) is 26.2 Å². The summed E-state index contributed by atoms with van der Waals surface area (Å²) in [4.78, 5) is 15.2. The first-order chi connectivity index (χ1) is 15.0. The summed E-state index contributed by atoms with van der Waals surface area (Å²) in [5.41, 5.74) is 2.20. The van der Waals surface area contributed by atoms with Gasteiger partial charge in [-0.2, -0.15) is 0 Å². The van der Waals surface area contributed by atoms with Gasteiger partial charge in [0.25, 0.3) is 0 Å². The Kier molecular flexibility index (Phi) is 7.67. The van der Waals surface area contributed by atoms with E-state index in [1.54, 1.807) is 12.1 Å². The first-order valence-corrected chi connectivity index (χ1v) is 13.6. The van der Waals surface area contributed by atoms with Crippen LogP contribution in [0.3, 0.4) is 0 Å². The molecule has 2 fully saturated rings. The molecule has 172 valence electrons. The molecule has 4 rings (SSSR count). The standard InChI is InChI=1S/C24H37N3O3S/c28-24(19-8-3-4-9-19)26-22-16-20-10-11-23(18-21(20)17-22)31(29,30)25-12-7-15-27-13-5-1-2-6-14-27/h10-11,18-19,22,25H,1-9,12-17H2,(H,26,28). The van der Waals surface area contributed by atoms with Gasteiger partial charge >= 0.3 is 0 Å². The Bertz CT molecular complexity index is 857. The Morgan fingerprint density at radius 2 is 1.68 bits per heavy atom. The molecule has 6 nitrogen and oxygen atoms in total.